The van der Waals surface area contributed by atoms with E-state index < -0.39 is 17.3 Å². The van der Waals surface area contributed by atoms with Gasteiger partial charge in [-0.3, -0.25) is 19.3 Å². The van der Waals surface area contributed by atoms with E-state index in [0.29, 0.717) is 5.76 Å². The van der Waals surface area contributed by atoms with Gasteiger partial charge in [0.15, 0.2) is 4.77 Å². The quantitative estimate of drug-likeness (QED) is 0.562. The van der Waals surface area contributed by atoms with Crippen molar-refractivity contribution in [1.82, 2.24) is 9.55 Å². The van der Waals surface area contributed by atoms with Crippen LogP contribution in [0, 0.1) is 10.6 Å². The van der Waals surface area contributed by atoms with Gasteiger partial charge in [0.25, 0.3) is 5.56 Å². The Morgan fingerprint density at radius 1 is 1.33 bits per heavy atom. The minimum absolute atomic E-state index is 0.0249. The second kappa shape index (κ2) is 6.63. The zero-order chi connectivity index (χ0) is 17.1. The molecule has 6 nitrogen and oxygen atoms in total. The predicted molar refractivity (Wildman–Crippen MR) is 88.9 cm³/mol. The van der Waals surface area contributed by atoms with E-state index in [1.165, 1.54) is 30.7 Å². The molecule has 0 saturated heterocycles. The molecule has 24 heavy (non-hydrogen) atoms. The van der Waals surface area contributed by atoms with Crippen LogP contribution in [0.2, 0.25) is 0 Å². The van der Waals surface area contributed by atoms with Gasteiger partial charge in [-0.25, -0.2) is 4.39 Å². The molecule has 0 fully saturated rings. The van der Waals surface area contributed by atoms with Crippen molar-refractivity contribution in [3.05, 3.63) is 74.9 Å². The summed E-state index contributed by atoms with van der Waals surface area (Å²) < 4.78 is 20.0. The molecule has 0 aliphatic carbocycles. The van der Waals surface area contributed by atoms with Gasteiger partial charge in [-0.1, -0.05) is 12.1 Å². The smallest absolute Gasteiger partial charge is 0.264 e. The maximum absolute atomic E-state index is 14.0. The number of aromatic amines is 1. The molecule has 0 aliphatic rings. The topological polar surface area (TPSA) is 83.5 Å². The predicted octanol–water partition coefficient (Wildman–Crippen LogP) is 2.95. The van der Waals surface area contributed by atoms with Crippen molar-refractivity contribution in [2.24, 2.45) is 4.99 Å². The average molecular weight is 345 g/mol. The summed E-state index contributed by atoms with van der Waals surface area (Å²) >= 11 is 5.03. The Morgan fingerprint density at radius 3 is 2.83 bits per heavy atom. The zero-order valence-electron chi connectivity index (χ0n) is 12.3. The standard InChI is InChI=1S/C16H12FN3O3S/c17-12-5-1-2-6-13(12)20-15(22)11(14(21)19-16(20)24)9-18-8-10-4-3-7-23-10/h1-7,9,22H,8H2,(H,19,21,24). The number of hydrogen-bond donors (Lipinski definition) is 2. The van der Waals surface area contributed by atoms with Gasteiger partial charge in [-0.2, -0.15) is 0 Å². The van der Waals surface area contributed by atoms with Crippen LogP contribution in [0.5, 0.6) is 5.88 Å². The van der Waals surface area contributed by atoms with Crippen molar-refractivity contribution in [2.45, 2.75) is 6.54 Å². The Bertz CT molecular complexity index is 1010. The highest BCUT2D eigenvalue weighted by Gasteiger charge is 2.14. The number of rotatable bonds is 4. The highest BCUT2D eigenvalue weighted by Crippen LogP contribution is 2.20. The van der Waals surface area contributed by atoms with Crippen molar-refractivity contribution in [3.8, 4) is 11.6 Å². The fraction of sp³-hybridized carbons (Fsp3) is 0.0625. The molecule has 3 rings (SSSR count). The molecular formula is C16H12FN3O3S. The number of benzene rings is 1. The number of nitrogens with one attached hydrogen (secondary N) is 1. The lowest BCUT2D eigenvalue weighted by molar-refractivity contribution is 0.429. The molecule has 2 aromatic heterocycles. The van der Waals surface area contributed by atoms with Gasteiger partial charge in [0.1, 0.15) is 17.1 Å². The second-order valence-electron chi connectivity index (χ2n) is 4.83. The van der Waals surface area contributed by atoms with Crippen LogP contribution in [0.3, 0.4) is 0 Å². The van der Waals surface area contributed by atoms with Gasteiger partial charge in [0, 0.05) is 6.21 Å². The third-order valence-corrected chi connectivity index (χ3v) is 3.55. The maximum Gasteiger partial charge on any atom is 0.264 e. The fourth-order valence-electron chi connectivity index (χ4n) is 2.14. The summed E-state index contributed by atoms with van der Waals surface area (Å²) in [5.74, 6) is -0.476. The van der Waals surface area contributed by atoms with Gasteiger partial charge >= 0.3 is 0 Å². The van der Waals surface area contributed by atoms with E-state index in [1.54, 1.807) is 18.2 Å². The summed E-state index contributed by atoms with van der Waals surface area (Å²) in [5, 5.41) is 10.4. The van der Waals surface area contributed by atoms with Gasteiger partial charge < -0.3 is 9.52 Å². The normalized spacial score (nSPS) is 11.2. The van der Waals surface area contributed by atoms with Gasteiger partial charge in [0.05, 0.1) is 18.5 Å². The van der Waals surface area contributed by atoms with Crippen LogP contribution in [0.1, 0.15) is 11.3 Å². The minimum atomic E-state index is -0.617. The van der Waals surface area contributed by atoms with Crippen LogP contribution in [-0.4, -0.2) is 20.9 Å². The number of halogens is 1. The number of nitrogens with zero attached hydrogens (tertiary/aromatic N) is 2. The van der Waals surface area contributed by atoms with E-state index in [0.717, 1.165) is 4.57 Å². The Hall–Kier alpha value is -3.00. The molecule has 0 unspecified atom stereocenters. The molecule has 0 amide bonds. The first-order chi connectivity index (χ1) is 11.6. The number of aliphatic imine (C=N–C) groups is 1. The van der Waals surface area contributed by atoms with Crippen LogP contribution in [0.4, 0.5) is 4.39 Å². The monoisotopic (exact) mass is 345 g/mol. The molecule has 2 N–H and O–H groups in total. The molecule has 122 valence electrons. The van der Waals surface area contributed by atoms with E-state index in [2.05, 4.69) is 9.98 Å². The Labute approximate surface area is 140 Å². The van der Waals surface area contributed by atoms with Gasteiger partial charge in [-0.05, 0) is 36.5 Å². The van der Waals surface area contributed by atoms with Crippen molar-refractivity contribution < 1.29 is 13.9 Å². The Balaban J connectivity index is 2.06. The molecular weight excluding hydrogens is 333 g/mol. The summed E-state index contributed by atoms with van der Waals surface area (Å²) in [6, 6.07) is 9.21. The van der Waals surface area contributed by atoms with Crippen molar-refractivity contribution >= 4 is 18.4 Å². The number of hydrogen-bond acceptors (Lipinski definition) is 5. The molecule has 0 atom stereocenters. The number of H-pyrrole nitrogens is 1. The largest absolute Gasteiger partial charge is 0.494 e. The maximum atomic E-state index is 14.0. The molecule has 0 aliphatic heterocycles. The van der Waals surface area contributed by atoms with Crippen LogP contribution in [-0.2, 0) is 6.54 Å². The lowest BCUT2D eigenvalue weighted by Gasteiger charge is -2.11. The molecule has 0 radical (unpaired) electrons. The Kier molecular flexibility index (Phi) is 4.39. The van der Waals surface area contributed by atoms with E-state index >= 15 is 0 Å². The molecule has 8 heteroatoms. The van der Waals surface area contributed by atoms with Crippen molar-refractivity contribution in [3.63, 3.8) is 0 Å². The third-order valence-electron chi connectivity index (χ3n) is 3.26. The van der Waals surface area contributed by atoms with Crippen molar-refractivity contribution in [1.29, 1.82) is 0 Å². The fourth-order valence-corrected chi connectivity index (χ4v) is 2.42. The van der Waals surface area contributed by atoms with E-state index in [-0.39, 0.29) is 22.6 Å². The van der Waals surface area contributed by atoms with Gasteiger partial charge in [0.2, 0.25) is 5.88 Å². The summed E-state index contributed by atoms with van der Waals surface area (Å²) in [6.07, 6.45) is 2.70. The lowest BCUT2D eigenvalue weighted by atomic mass is 10.2. The highest BCUT2D eigenvalue weighted by atomic mass is 32.1. The molecule has 2 heterocycles. The van der Waals surface area contributed by atoms with E-state index in [4.69, 9.17) is 16.6 Å². The van der Waals surface area contributed by atoms with Crippen LogP contribution in [0.25, 0.3) is 5.69 Å². The zero-order valence-corrected chi connectivity index (χ0v) is 13.1. The van der Waals surface area contributed by atoms with Gasteiger partial charge in [-0.15, -0.1) is 0 Å². The summed E-state index contributed by atoms with van der Waals surface area (Å²) in [5.41, 5.74) is -0.719. The first kappa shape index (κ1) is 15.9. The second-order valence-corrected chi connectivity index (χ2v) is 5.22. The number of furan rings is 1. The summed E-state index contributed by atoms with van der Waals surface area (Å²) in [4.78, 5) is 18.5. The Morgan fingerprint density at radius 2 is 2.12 bits per heavy atom. The first-order valence-electron chi connectivity index (χ1n) is 6.93. The number of para-hydroxylation sites is 1. The van der Waals surface area contributed by atoms with E-state index in [1.807, 2.05) is 0 Å². The summed E-state index contributed by atoms with van der Waals surface area (Å²) in [6.45, 7) is 0.196. The SMILES string of the molecule is O=c1[nH]c(=S)n(-c2ccccc2F)c(O)c1C=NCc1ccco1. The molecule has 0 bridgehead atoms. The van der Waals surface area contributed by atoms with E-state index in [9.17, 15) is 14.3 Å². The number of aromatic hydroxyl groups is 1. The summed E-state index contributed by atoms with van der Waals surface area (Å²) in [7, 11) is 0. The first-order valence-corrected chi connectivity index (χ1v) is 7.34. The number of aromatic nitrogens is 2. The van der Waals surface area contributed by atoms with Crippen LogP contribution in [0.15, 0.2) is 56.9 Å². The van der Waals surface area contributed by atoms with Crippen LogP contribution >= 0.6 is 12.2 Å². The molecule has 0 saturated carbocycles. The molecule has 1 aromatic carbocycles. The third kappa shape index (κ3) is 3.04. The minimum Gasteiger partial charge on any atom is -0.494 e. The lowest BCUT2D eigenvalue weighted by Crippen LogP contribution is -2.18. The van der Waals surface area contributed by atoms with Crippen LogP contribution < -0.4 is 5.56 Å². The molecule has 0 spiro atoms. The van der Waals surface area contributed by atoms with Crippen molar-refractivity contribution in [2.75, 3.05) is 0 Å². The molecule has 3 aromatic rings. The average Bonchev–Trinajstić information content (AvgIpc) is 3.05. The highest BCUT2D eigenvalue weighted by molar-refractivity contribution is 7.71.